The van der Waals surface area contributed by atoms with Crippen LogP contribution in [0.3, 0.4) is 0 Å². The van der Waals surface area contributed by atoms with Gasteiger partial charge in [-0.25, -0.2) is 16.4 Å². The van der Waals surface area contributed by atoms with Crippen molar-refractivity contribution in [3.05, 3.63) is 52.7 Å². The number of hydrogen-bond acceptors (Lipinski definition) is 7. The van der Waals surface area contributed by atoms with E-state index in [1.54, 1.807) is 6.20 Å². The molecule has 1 aromatic heterocycles. The zero-order valence-corrected chi connectivity index (χ0v) is 13.0. The number of nitrogens with two attached hydrogens (primary N) is 4. The van der Waals surface area contributed by atoms with Gasteiger partial charge in [-0.1, -0.05) is 12.1 Å². The second-order valence-corrected chi connectivity index (χ2v) is 5.42. The Labute approximate surface area is 133 Å². The van der Waals surface area contributed by atoms with E-state index in [1.807, 2.05) is 31.2 Å². The standard InChI is InChI=1S/C14H19N7S/c1-8-5-12(15)19-7-10(8)6-9-3-2-4-11(22-18)13(9)14(16)20-21-17/h2-5,7,21H,6,17-18H2,1H3,(H2,15,19)(H2,16,20). The largest absolute Gasteiger partial charge is 0.384 e. The molecule has 0 radical (unpaired) electrons. The first-order valence-corrected chi connectivity index (χ1v) is 7.43. The lowest BCUT2D eigenvalue weighted by Crippen LogP contribution is -2.25. The molecule has 0 atom stereocenters. The van der Waals surface area contributed by atoms with Crippen molar-refractivity contribution >= 4 is 23.6 Å². The molecule has 8 heteroatoms. The Balaban J connectivity index is 2.48. The molecular weight excluding hydrogens is 298 g/mol. The number of hydrazone groups is 1. The average molecular weight is 317 g/mol. The molecule has 0 aliphatic heterocycles. The molecule has 0 amide bonds. The fourth-order valence-corrected chi connectivity index (χ4v) is 2.75. The topological polar surface area (TPSA) is 141 Å². The quantitative estimate of drug-likeness (QED) is 0.179. The number of nitrogen functional groups attached to an aromatic ring is 1. The average Bonchev–Trinajstić information content (AvgIpc) is 2.50. The number of nitrogens with one attached hydrogen (secondary N) is 1. The van der Waals surface area contributed by atoms with Crippen molar-refractivity contribution in [1.29, 1.82) is 0 Å². The van der Waals surface area contributed by atoms with Crippen molar-refractivity contribution in [1.82, 2.24) is 10.5 Å². The number of pyridine rings is 1. The number of rotatable bonds is 5. The zero-order valence-electron chi connectivity index (χ0n) is 12.2. The van der Waals surface area contributed by atoms with Gasteiger partial charge in [0.2, 0.25) is 0 Å². The summed E-state index contributed by atoms with van der Waals surface area (Å²) in [6, 6.07) is 7.63. The summed E-state index contributed by atoms with van der Waals surface area (Å²) < 4.78 is 0. The third-order valence-corrected chi connectivity index (χ3v) is 3.90. The Morgan fingerprint density at radius 1 is 1.36 bits per heavy atom. The fourth-order valence-electron chi connectivity index (χ4n) is 2.23. The number of anilines is 1. The monoisotopic (exact) mass is 317 g/mol. The molecule has 9 N–H and O–H groups in total. The molecule has 0 unspecified atom stereocenters. The molecule has 0 spiro atoms. The van der Waals surface area contributed by atoms with Crippen molar-refractivity contribution in [2.24, 2.45) is 21.8 Å². The van der Waals surface area contributed by atoms with Gasteiger partial charge in [0.1, 0.15) is 5.82 Å². The Bertz CT molecular complexity index is 700. The van der Waals surface area contributed by atoms with Crippen molar-refractivity contribution in [3.63, 3.8) is 0 Å². The van der Waals surface area contributed by atoms with Crippen LogP contribution in [0.1, 0.15) is 22.3 Å². The van der Waals surface area contributed by atoms with Gasteiger partial charge in [0.15, 0.2) is 5.84 Å². The third kappa shape index (κ3) is 3.48. The second kappa shape index (κ2) is 7.12. The van der Waals surface area contributed by atoms with Gasteiger partial charge in [-0.15, -0.1) is 5.10 Å². The van der Waals surface area contributed by atoms with Crippen molar-refractivity contribution in [3.8, 4) is 0 Å². The minimum atomic E-state index is 0.284. The number of nitrogens with zero attached hydrogens (tertiary/aromatic N) is 2. The van der Waals surface area contributed by atoms with Crippen LogP contribution in [0.15, 0.2) is 40.5 Å². The van der Waals surface area contributed by atoms with E-state index in [-0.39, 0.29) is 5.84 Å². The van der Waals surface area contributed by atoms with Crippen LogP contribution in [-0.4, -0.2) is 10.8 Å². The second-order valence-electron chi connectivity index (χ2n) is 4.75. The fraction of sp³-hybridized carbons (Fsp3) is 0.143. The molecule has 116 valence electrons. The Morgan fingerprint density at radius 2 is 2.14 bits per heavy atom. The first-order valence-electron chi connectivity index (χ1n) is 6.55. The van der Waals surface area contributed by atoms with Gasteiger partial charge in [-0.3, -0.25) is 5.14 Å². The molecule has 0 aliphatic carbocycles. The first-order chi connectivity index (χ1) is 10.6. The highest BCUT2D eigenvalue weighted by Crippen LogP contribution is 2.25. The summed E-state index contributed by atoms with van der Waals surface area (Å²) >= 11 is 1.12. The Kier molecular flexibility index (Phi) is 5.21. The van der Waals surface area contributed by atoms with Gasteiger partial charge in [-0.2, -0.15) is 0 Å². The number of benzene rings is 1. The number of amidine groups is 1. The SMILES string of the molecule is Cc1cc(N)ncc1Cc1cccc(SN)c1/C(N)=N/NN. The maximum Gasteiger partial charge on any atom is 0.153 e. The van der Waals surface area contributed by atoms with E-state index in [0.717, 1.165) is 39.1 Å². The summed E-state index contributed by atoms with van der Waals surface area (Å²) in [6.07, 6.45) is 2.41. The maximum atomic E-state index is 6.00. The van der Waals surface area contributed by atoms with Crippen LogP contribution in [0.2, 0.25) is 0 Å². The van der Waals surface area contributed by atoms with Gasteiger partial charge in [-0.05, 0) is 54.1 Å². The van der Waals surface area contributed by atoms with Crippen LogP contribution in [-0.2, 0) is 6.42 Å². The van der Waals surface area contributed by atoms with Gasteiger partial charge >= 0.3 is 0 Å². The molecule has 0 fully saturated rings. The number of aromatic nitrogens is 1. The molecule has 0 saturated heterocycles. The highest BCUT2D eigenvalue weighted by atomic mass is 32.2. The van der Waals surface area contributed by atoms with Crippen LogP contribution in [0, 0.1) is 6.92 Å². The molecule has 2 aromatic rings. The molecule has 22 heavy (non-hydrogen) atoms. The summed E-state index contributed by atoms with van der Waals surface area (Å²) in [4.78, 5) is 4.97. The Hall–Kier alpha value is -2.29. The number of hydrogen-bond donors (Lipinski definition) is 5. The molecule has 2 rings (SSSR count). The molecule has 7 nitrogen and oxygen atoms in total. The summed E-state index contributed by atoms with van der Waals surface area (Å²) in [5.41, 5.74) is 17.8. The normalized spacial score (nSPS) is 11.5. The summed E-state index contributed by atoms with van der Waals surface area (Å²) in [6.45, 7) is 1.99. The zero-order chi connectivity index (χ0) is 16.1. The molecule has 0 bridgehead atoms. The lowest BCUT2D eigenvalue weighted by atomic mass is 9.97. The van der Waals surface area contributed by atoms with Crippen molar-refractivity contribution in [2.45, 2.75) is 18.2 Å². The molecule has 1 heterocycles. The van der Waals surface area contributed by atoms with Gasteiger partial charge in [0, 0.05) is 16.7 Å². The van der Waals surface area contributed by atoms with E-state index in [4.69, 9.17) is 22.4 Å². The minimum Gasteiger partial charge on any atom is -0.384 e. The predicted molar refractivity (Wildman–Crippen MR) is 90.7 cm³/mol. The minimum absolute atomic E-state index is 0.284. The molecule has 0 saturated carbocycles. The molecule has 1 aromatic carbocycles. The highest BCUT2D eigenvalue weighted by Gasteiger charge is 2.14. The van der Waals surface area contributed by atoms with E-state index >= 15 is 0 Å². The van der Waals surface area contributed by atoms with Crippen LogP contribution in [0.25, 0.3) is 0 Å². The predicted octanol–water partition coefficient (Wildman–Crippen LogP) is 0.612. The highest BCUT2D eigenvalue weighted by molar-refractivity contribution is 7.97. The van der Waals surface area contributed by atoms with Crippen molar-refractivity contribution < 1.29 is 0 Å². The van der Waals surface area contributed by atoms with E-state index in [2.05, 4.69) is 15.6 Å². The van der Waals surface area contributed by atoms with Crippen molar-refractivity contribution in [2.75, 3.05) is 5.73 Å². The Morgan fingerprint density at radius 3 is 2.77 bits per heavy atom. The van der Waals surface area contributed by atoms with Crippen LogP contribution in [0.4, 0.5) is 5.82 Å². The van der Waals surface area contributed by atoms with Crippen LogP contribution < -0.4 is 28.0 Å². The summed E-state index contributed by atoms with van der Waals surface area (Å²) in [7, 11) is 0. The third-order valence-electron chi connectivity index (χ3n) is 3.30. The summed E-state index contributed by atoms with van der Waals surface area (Å²) in [5, 5.41) is 9.58. The number of hydrazine groups is 1. The van der Waals surface area contributed by atoms with Gasteiger partial charge < -0.3 is 11.5 Å². The maximum absolute atomic E-state index is 6.00. The first kappa shape index (κ1) is 16.1. The van der Waals surface area contributed by atoms with Gasteiger partial charge in [0.25, 0.3) is 0 Å². The van der Waals surface area contributed by atoms with E-state index in [1.165, 1.54) is 0 Å². The lowest BCUT2D eigenvalue weighted by Gasteiger charge is -2.14. The molecular formula is C14H19N7S. The van der Waals surface area contributed by atoms with Gasteiger partial charge in [0.05, 0.1) is 0 Å². The van der Waals surface area contributed by atoms with E-state index < -0.39 is 0 Å². The molecule has 0 aliphatic rings. The van der Waals surface area contributed by atoms with E-state index in [0.29, 0.717) is 12.2 Å². The van der Waals surface area contributed by atoms with Crippen LogP contribution >= 0.6 is 11.9 Å². The number of aryl methyl sites for hydroxylation is 1. The summed E-state index contributed by atoms with van der Waals surface area (Å²) in [5.74, 6) is 6.01. The lowest BCUT2D eigenvalue weighted by molar-refractivity contribution is 0.802. The van der Waals surface area contributed by atoms with E-state index in [9.17, 15) is 0 Å². The van der Waals surface area contributed by atoms with Crippen LogP contribution in [0.5, 0.6) is 0 Å². The smallest absolute Gasteiger partial charge is 0.153 e.